The van der Waals surface area contributed by atoms with Crippen LogP contribution < -0.4 is 9.36 Å². The number of para-hydroxylation sites is 1. The van der Waals surface area contributed by atoms with Gasteiger partial charge in [0.15, 0.2) is 0 Å². The molecule has 2 nitrogen and oxygen atoms in total. The fourth-order valence-corrected chi connectivity index (χ4v) is 8.37. The van der Waals surface area contributed by atoms with Crippen molar-refractivity contribution in [3.05, 3.63) is 60.2 Å². The summed E-state index contributed by atoms with van der Waals surface area (Å²) in [5.41, 5.74) is 2.57. The normalized spacial score (nSPS) is 29.0. The van der Waals surface area contributed by atoms with Crippen molar-refractivity contribution in [1.29, 1.82) is 0 Å². The molecule has 3 heteroatoms. The Morgan fingerprint density at radius 2 is 1.70 bits per heavy atom. The molecule has 0 bridgehead atoms. The van der Waals surface area contributed by atoms with Crippen LogP contribution in [0.1, 0.15) is 46.1 Å². The van der Waals surface area contributed by atoms with Crippen molar-refractivity contribution < 1.29 is 4.79 Å². The second-order valence-electron chi connectivity index (χ2n) is 8.88. The van der Waals surface area contributed by atoms with Gasteiger partial charge in [-0.15, -0.1) is 0 Å². The van der Waals surface area contributed by atoms with E-state index in [0.717, 1.165) is 18.5 Å². The van der Waals surface area contributed by atoms with Gasteiger partial charge in [0.2, 0.25) is 0 Å². The van der Waals surface area contributed by atoms with Crippen molar-refractivity contribution in [2.24, 2.45) is 11.3 Å². The van der Waals surface area contributed by atoms with E-state index in [1.165, 1.54) is 16.4 Å². The minimum absolute atomic E-state index is 0.0903. The third-order valence-corrected chi connectivity index (χ3v) is 10.4. The Kier molecular flexibility index (Phi) is 4.72. The summed E-state index contributed by atoms with van der Waals surface area (Å²) in [6, 6.07) is 19.5. The number of nitrogens with zero attached hydrogens (tertiary/aromatic N) is 1. The molecule has 2 aromatic rings. The topological polar surface area (TPSA) is 20.3 Å². The molecule has 0 aromatic heterocycles. The van der Waals surface area contributed by atoms with Gasteiger partial charge in [0.25, 0.3) is 0 Å². The van der Waals surface area contributed by atoms with Crippen LogP contribution in [0.25, 0.3) is 0 Å². The Hall–Kier alpha value is -1.57. The summed E-state index contributed by atoms with van der Waals surface area (Å²) < 4.78 is 1.49. The molecule has 2 aromatic carbocycles. The van der Waals surface area contributed by atoms with E-state index >= 15 is 0 Å². The van der Waals surface area contributed by atoms with E-state index in [-0.39, 0.29) is 16.9 Å². The summed E-state index contributed by atoms with van der Waals surface area (Å²) in [4.78, 5) is 15.6. The van der Waals surface area contributed by atoms with Gasteiger partial charge in [0.1, 0.15) is 0 Å². The van der Waals surface area contributed by atoms with E-state index in [9.17, 15) is 4.79 Å². The SMILES string of the molecule is CC(=O)N1c2ccccc2CC2C(C)(C)C([Se]c3ccccc3)CCC21C. The van der Waals surface area contributed by atoms with Crippen molar-refractivity contribution in [3.8, 4) is 0 Å². The summed E-state index contributed by atoms with van der Waals surface area (Å²) in [6.45, 7) is 8.98. The first-order valence-electron chi connectivity index (χ1n) is 9.94. The first-order chi connectivity index (χ1) is 12.8. The van der Waals surface area contributed by atoms with Crippen molar-refractivity contribution in [2.45, 2.75) is 57.3 Å². The fraction of sp³-hybridized carbons (Fsp3) is 0.458. The van der Waals surface area contributed by atoms with Gasteiger partial charge in [0.05, 0.1) is 0 Å². The maximum absolute atomic E-state index is 12.7. The third-order valence-electron chi connectivity index (χ3n) is 6.90. The molecule has 1 heterocycles. The van der Waals surface area contributed by atoms with Crippen molar-refractivity contribution in [2.75, 3.05) is 4.90 Å². The quantitative estimate of drug-likeness (QED) is 0.643. The van der Waals surface area contributed by atoms with E-state index < -0.39 is 0 Å². The van der Waals surface area contributed by atoms with Crippen LogP contribution in [0.4, 0.5) is 5.69 Å². The molecule has 0 spiro atoms. The van der Waals surface area contributed by atoms with E-state index in [2.05, 4.69) is 80.3 Å². The van der Waals surface area contributed by atoms with Gasteiger partial charge in [-0.1, -0.05) is 0 Å². The number of rotatable bonds is 2. The van der Waals surface area contributed by atoms with Crippen LogP contribution in [-0.2, 0) is 11.2 Å². The molecule has 0 saturated heterocycles. The van der Waals surface area contributed by atoms with E-state index in [1.807, 2.05) is 0 Å². The maximum atomic E-state index is 12.7. The first kappa shape index (κ1) is 18.8. The van der Waals surface area contributed by atoms with Gasteiger partial charge in [-0.25, -0.2) is 0 Å². The Morgan fingerprint density at radius 3 is 2.41 bits per heavy atom. The summed E-state index contributed by atoms with van der Waals surface area (Å²) in [5, 5.41) is 0. The van der Waals surface area contributed by atoms with Crippen LogP contribution in [0.15, 0.2) is 54.6 Å². The average Bonchev–Trinajstić information content (AvgIpc) is 2.63. The summed E-state index contributed by atoms with van der Waals surface area (Å²) in [7, 11) is 0. The zero-order valence-corrected chi connectivity index (χ0v) is 18.4. The fourth-order valence-electron chi connectivity index (χ4n) is 5.55. The number of amides is 1. The molecule has 0 radical (unpaired) electrons. The van der Waals surface area contributed by atoms with Crippen molar-refractivity contribution in [3.63, 3.8) is 0 Å². The molecular weight excluding hydrogens is 397 g/mol. The van der Waals surface area contributed by atoms with Gasteiger partial charge < -0.3 is 0 Å². The summed E-state index contributed by atoms with van der Waals surface area (Å²) in [5.74, 6) is 0.658. The van der Waals surface area contributed by atoms with Gasteiger partial charge in [-0.3, -0.25) is 0 Å². The molecule has 1 fully saturated rings. The zero-order chi connectivity index (χ0) is 19.2. The molecule has 4 rings (SSSR count). The molecular formula is C24H29NOSe. The standard InChI is InChI=1S/C24H29NOSe/c1-17(26)25-20-13-9-8-10-18(20)16-21-23(2,3)22(14-15-24(21,25)4)27-19-11-6-5-7-12-19/h5-13,21-22H,14-16H2,1-4H3. The van der Waals surface area contributed by atoms with E-state index in [0.29, 0.717) is 25.7 Å². The molecule has 142 valence electrons. The first-order valence-corrected chi connectivity index (χ1v) is 11.8. The molecule has 1 aliphatic carbocycles. The zero-order valence-electron chi connectivity index (χ0n) is 16.7. The number of anilines is 1. The number of hydrogen-bond donors (Lipinski definition) is 0. The molecule has 1 amide bonds. The molecule has 3 atom stereocenters. The Balaban J connectivity index is 1.73. The van der Waals surface area contributed by atoms with Crippen molar-refractivity contribution in [1.82, 2.24) is 0 Å². The predicted molar refractivity (Wildman–Crippen MR) is 114 cm³/mol. The van der Waals surface area contributed by atoms with Crippen LogP contribution in [0.2, 0.25) is 4.82 Å². The average molecular weight is 426 g/mol. The minimum atomic E-state index is -0.0903. The monoisotopic (exact) mass is 427 g/mol. The van der Waals surface area contributed by atoms with Gasteiger partial charge >= 0.3 is 170 Å². The number of carbonyl (C=O) groups is 1. The molecule has 3 unspecified atom stereocenters. The number of carbonyl (C=O) groups excluding carboxylic acids is 1. The van der Waals surface area contributed by atoms with Gasteiger partial charge in [0, 0.05) is 0 Å². The molecule has 2 aliphatic rings. The predicted octanol–water partition coefficient (Wildman–Crippen LogP) is 4.61. The summed E-state index contributed by atoms with van der Waals surface area (Å²) >= 11 is 0.462. The van der Waals surface area contributed by atoms with Crippen molar-refractivity contribution >= 4 is 31.0 Å². The number of benzene rings is 2. The van der Waals surface area contributed by atoms with Crippen LogP contribution >= 0.6 is 0 Å². The van der Waals surface area contributed by atoms with Crippen LogP contribution in [0, 0.1) is 11.3 Å². The molecule has 1 aliphatic heterocycles. The van der Waals surface area contributed by atoms with Gasteiger partial charge in [-0.2, -0.15) is 0 Å². The summed E-state index contributed by atoms with van der Waals surface area (Å²) in [6.07, 6.45) is 3.36. The molecule has 1 saturated carbocycles. The third kappa shape index (κ3) is 3.05. The van der Waals surface area contributed by atoms with E-state index in [1.54, 1.807) is 6.92 Å². The van der Waals surface area contributed by atoms with Gasteiger partial charge in [-0.05, 0) is 0 Å². The number of hydrogen-bond acceptors (Lipinski definition) is 1. The van der Waals surface area contributed by atoms with Crippen LogP contribution in [0.5, 0.6) is 0 Å². The second-order valence-corrected chi connectivity index (χ2v) is 11.6. The van der Waals surface area contributed by atoms with Crippen LogP contribution in [0.3, 0.4) is 0 Å². The molecule has 0 N–H and O–H groups in total. The second kappa shape index (κ2) is 6.79. The number of fused-ring (bicyclic) bond motifs is 2. The Bertz CT molecular complexity index is 846. The Morgan fingerprint density at radius 1 is 1.04 bits per heavy atom. The Labute approximate surface area is 169 Å². The van der Waals surface area contributed by atoms with E-state index in [4.69, 9.17) is 0 Å². The molecule has 27 heavy (non-hydrogen) atoms. The van der Waals surface area contributed by atoms with Crippen LogP contribution in [-0.4, -0.2) is 26.4 Å².